The first kappa shape index (κ1) is 40.0. The molecule has 0 aromatic heterocycles. The van der Waals surface area contributed by atoms with Gasteiger partial charge in [0.1, 0.15) is 0 Å². The average molecular weight is 573 g/mol. The average Bonchev–Trinajstić information content (AvgIpc) is 2.91. The zero-order chi connectivity index (χ0) is 29.2. The van der Waals surface area contributed by atoms with Gasteiger partial charge in [-0.2, -0.15) is 0 Å². The topological polar surface area (TPSA) is 94.8 Å². The van der Waals surface area contributed by atoms with E-state index in [4.69, 9.17) is 15.3 Å². The van der Waals surface area contributed by atoms with Crippen molar-refractivity contribution in [2.24, 2.45) is 0 Å². The van der Waals surface area contributed by atoms with Crippen LogP contribution in [-0.2, 0) is 9.59 Å². The molecule has 1 atom stereocenters. The first-order chi connectivity index (χ1) is 19.0. The maximum Gasteiger partial charge on any atom is 0.332 e. The molecule has 234 valence electrons. The Balaban J connectivity index is 0. The quantitative estimate of drug-likeness (QED) is 0.0588. The van der Waals surface area contributed by atoms with E-state index in [1.807, 2.05) is 0 Å². The molecule has 0 amide bonds. The molecule has 0 saturated heterocycles. The molecule has 0 heterocycles. The van der Waals surface area contributed by atoms with Crippen molar-refractivity contribution in [2.45, 2.75) is 206 Å². The van der Waals surface area contributed by atoms with Crippen molar-refractivity contribution in [3.63, 3.8) is 0 Å². The fourth-order valence-electron chi connectivity index (χ4n) is 4.95. The minimum Gasteiger partial charge on any atom is -0.481 e. The van der Waals surface area contributed by atoms with E-state index in [0.29, 0.717) is 12.8 Å². The van der Waals surface area contributed by atoms with Crippen LogP contribution >= 0.6 is 0 Å². The van der Waals surface area contributed by atoms with Crippen LogP contribution in [0.3, 0.4) is 0 Å². The Kier molecular flexibility index (Phi) is 35.9. The highest BCUT2D eigenvalue weighted by Gasteiger charge is 2.11. The van der Waals surface area contributed by atoms with Gasteiger partial charge >= 0.3 is 11.9 Å². The lowest BCUT2D eigenvalue weighted by Gasteiger charge is -2.05. The number of rotatable bonds is 30. The van der Waals surface area contributed by atoms with Crippen LogP contribution in [0.2, 0.25) is 0 Å². The third-order valence-corrected chi connectivity index (χ3v) is 7.61. The summed E-state index contributed by atoms with van der Waals surface area (Å²) in [6.07, 6.45) is 34.5. The molecule has 0 aromatic carbocycles. The second kappa shape index (κ2) is 34.9. The molecule has 3 N–H and O–H groups in total. The van der Waals surface area contributed by atoms with E-state index >= 15 is 0 Å². The number of unbranched alkanes of at least 4 members (excludes halogenated alkanes) is 25. The molecule has 0 aliphatic carbocycles. The summed E-state index contributed by atoms with van der Waals surface area (Å²) in [4.78, 5) is 20.7. The van der Waals surface area contributed by atoms with Gasteiger partial charge in [0.2, 0.25) is 0 Å². The van der Waals surface area contributed by atoms with Crippen LogP contribution in [0, 0.1) is 0 Å². The molecular formula is C34H68O5. The summed E-state index contributed by atoms with van der Waals surface area (Å²) in [5, 5.41) is 26.1. The predicted octanol–water partition coefficient (Wildman–Crippen LogP) is 10.9. The van der Waals surface area contributed by atoms with Gasteiger partial charge in [0, 0.05) is 6.42 Å². The smallest absolute Gasteiger partial charge is 0.332 e. The standard InChI is InChI=1S/C18H36O3.C16H32O2/c1-2-3-4-5-6-7-8-9-10-11-12-13-14-15-16-17(19)18(20)21;1-2-3-4-5-6-7-8-9-10-11-12-13-14-15-16(17)18/h17,19H,2-16H2,1H3,(H,20,21);2-15H2,1H3,(H,17,18)/i;1+1,2+1,3+1,4+1,5+1,6+1,7+1,8+1,9+1,10+1,11+1,12+1,13+1,14+1,15+1,16+1. The summed E-state index contributed by atoms with van der Waals surface area (Å²) >= 11 is 0. The van der Waals surface area contributed by atoms with Crippen molar-refractivity contribution in [3.05, 3.63) is 0 Å². The zero-order valence-electron chi connectivity index (χ0n) is 26.2. The van der Waals surface area contributed by atoms with Crippen molar-refractivity contribution < 1.29 is 24.9 Å². The van der Waals surface area contributed by atoms with Crippen LogP contribution in [0.25, 0.3) is 0 Å². The summed E-state index contributed by atoms with van der Waals surface area (Å²) in [5.41, 5.74) is 0. The van der Waals surface area contributed by atoms with Gasteiger partial charge in [-0.3, -0.25) is 4.79 Å². The van der Waals surface area contributed by atoms with Crippen molar-refractivity contribution >= 4 is 11.9 Å². The van der Waals surface area contributed by atoms with Crippen LogP contribution in [0.4, 0.5) is 0 Å². The number of hydrogen-bond donors (Lipinski definition) is 3. The normalized spacial score (nSPS) is 11.7. The van der Waals surface area contributed by atoms with E-state index in [0.717, 1.165) is 25.7 Å². The highest BCUT2D eigenvalue weighted by atomic mass is 16.5. The summed E-state index contributed by atoms with van der Waals surface area (Å²) < 4.78 is 0. The fourth-order valence-corrected chi connectivity index (χ4v) is 4.95. The Hall–Kier alpha value is -1.10. The van der Waals surface area contributed by atoms with E-state index in [2.05, 4.69) is 13.8 Å². The van der Waals surface area contributed by atoms with Crippen molar-refractivity contribution in [2.75, 3.05) is 0 Å². The van der Waals surface area contributed by atoms with Crippen LogP contribution in [0.5, 0.6) is 0 Å². The highest BCUT2D eigenvalue weighted by molar-refractivity contribution is 5.71. The molecule has 0 spiro atoms. The SMILES string of the molecule is CCCCCCCCCCCCCCCCC(O)C(=O)O.[13CH3][13CH2][13CH2][13CH2][13CH2][13CH2][13CH2][13CH2][13CH2][13CH2][13CH2][13CH2][13CH2][13CH2][13CH2][13C](=O)O. The summed E-state index contributed by atoms with van der Waals surface area (Å²) in [6.45, 7) is 4.52. The molecule has 0 aliphatic rings. The van der Waals surface area contributed by atoms with Crippen molar-refractivity contribution in [1.82, 2.24) is 0 Å². The lowest BCUT2D eigenvalue weighted by Crippen LogP contribution is -2.18. The number of carbonyl (C=O) groups is 2. The fraction of sp³-hybridized carbons (Fsp3) is 0.941. The van der Waals surface area contributed by atoms with E-state index < -0.39 is 18.0 Å². The summed E-state index contributed by atoms with van der Waals surface area (Å²) in [5.74, 6) is -1.75. The summed E-state index contributed by atoms with van der Waals surface area (Å²) in [7, 11) is 0. The number of hydrogen-bond acceptors (Lipinski definition) is 3. The van der Waals surface area contributed by atoms with Crippen LogP contribution < -0.4 is 0 Å². The largest absolute Gasteiger partial charge is 0.481 e. The molecule has 0 rings (SSSR count). The molecule has 0 bridgehead atoms. The molecule has 0 saturated carbocycles. The third-order valence-electron chi connectivity index (χ3n) is 7.61. The Morgan fingerprint density at radius 2 is 0.692 bits per heavy atom. The molecule has 0 aromatic rings. The second-order valence-electron chi connectivity index (χ2n) is 11.6. The third kappa shape index (κ3) is 39.1. The minimum absolute atomic E-state index is 0.345. The Morgan fingerprint density at radius 3 is 0.949 bits per heavy atom. The van der Waals surface area contributed by atoms with E-state index in [9.17, 15) is 9.59 Å². The first-order valence-electron chi connectivity index (χ1n) is 17.1. The Bertz CT molecular complexity index is 494. The molecule has 1 unspecified atom stereocenters. The number of aliphatic hydroxyl groups excluding tert-OH is 1. The number of carboxylic acid groups (broad SMARTS) is 2. The molecule has 0 radical (unpaired) electrons. The molecule has 0 fully saturated rings. The lowest BCUT2D eigenvalue weighted by molar-refractivity contribution is -0.147. The van der Waals surface area contributed by atoms with Crippen LogP contribution in [0.1, 0.15) is 200 Å². The van der Waals surface area contributed by atoms with Gasteiger partial charge in [0.05, 0.1) is 0 Å². The van der Waals surface area contributed by atoms with Gasteiger partial charge in [-0.25, -0.2) is 4.79 Å². The molecular weight excluding hydrogens is 504 g/mol. The zero-order valence-corrected chi connectivity index (χ0v) is 26.2. The Morgan fingerprint density at radius 1 is 0.436 bits per heavy atom. The number of aliphatic hydroxyl groups is 1. The van der Waals surface area contributed by atoms with Gasteiger partial charge in [0.15, 0.2) is 6.10 Å². The lowest BCUT2D eigenvalue weighted by atomic mass is 10.0. The maximum absolute atomic E-state index is 10.4. The van der Waals surface area contributed by atoms with Crippen LogP contribution in [-0.4, -0.2) is 33.4 Å². The van der Waals surface area contributed by atoms with Gasteiger partial charge in [-0.15, -0.1) is 0 Å². The second-order valence-corrected chi connectivity index (χ2v) is 11.6. The van der Waals surface area contributed by atoms with Crippen molar-refractivity contribution in [1.29, 1.82) is 0 Å². The van der Waals surface area contributed by atoms with Crippen molar-refractivity contribution in [3.8, 4) is 0 Å². The van der Waals surface area contributed by atoms with Crippen LogP contribution in [0.15, 0.2) is 0 Å². The minimum atomic E-state index is -1.16. The Labute approximate surface area is 242 Å². The summed E-state index contributed by atoms with van der Waals surface area (Å²) in [6, 6.07) is 0. The van der Waals surface area contributed by atoms with E-state index in [1.165, 1.54) is 148 Å². The number of carboxylic acids is 2. The number of aliphatic carboxylic acids is 2. The predicted molar refractivity (Wildman–Crippen MR) is 167 cm³/mol. The first-order valence-corrected chi connectivity index (χ1v) is 17.1. The van der Waals surface area contributed by atoms with Gasteiger partial charge in [-0.1, -0.05) is 181 Å². The van der Waals surface area contributed by atoms with E-state index in [-0.39, 0.29) is 0 Å². The van der Waals surface area contributed by atoms with Gasteiger partial charge in [0.25, 0.3) is 0 Å². The molecule has 5 nitrogen and oxygen atoms in total. The van der Waals surface area contributed by atoms with E-state index in [1.54, 1.807) is 0 Å². The highest BCUT2D eigenvalue weighted by Crippen LogP contribution is 2.14. The van der Waals surface area contributed by atoms with Gasteiger partial charge in [-0.05, 0) is 12.8 Å². The van der Waals surface area contributed by atoms with Gasteiger partial charge < -0.3 is 15.3 Å². The maximum atomic E-state index is 10.4. The monoisotopic (exact) mass is 573 g/mol. The molecule has 5 heteroatoms. The molecule has 39 heavy (non-hydrogen) atoms. The molecule has 0 aliphatic heterocycles.